The van der Waals surface area contributed by atoms with Gasteiger partial charge < -0.3 is 4.74 Å². The Balaban J connectivity index is 2.10. The highest BCUT2D eigenvalue weighted by atomic mass is 32.2. The summed E-state index contributed by atoms with van der Waals surface area (Å²) in [5.41, 5.74) is 2.10. The van der Waals surface area contributed by atoms with Gasteiger partial charge in [0.15, 0.2) is 5.82 Å². The molecule has 0 unspecified atom stereocenters. The maximum atomic E-state index is 5.12. The van der Waals surface area contributed by atoms with Crippen LogP contribution in [0.15, 0.2) is 41.6 Å². The van der Waals surface area contributed by atoms with Crippen LogP contribution < -0.4 is 4.74 Å². The van der Waals surface area contributed by atoms with E-state index in [9.17, 15) is 0 Å². The number of aromatic nitrogens is 3. The van der Waals surface area contributed by atoms with E-state index >= 15 is 0 Å². The molecule has 0 aliphatic heterocycles. The minimum Gasteiger partial charge on any atom is -0.497 e. The van der Waals surface area contributed by atoms with Crippen LogP contribution in [0.3, 0.4) is 0 Å². The van der Waals surface area contributed by atoms with Crippen LogP contribution in [0.4, 0.5) is 0 Å². The largest absolute Gasteiger partial charge is 0.497 e. The Labute approximate surface area is 110 Å². The molecule has 0 bridgehead atoms. The fourth-order valence-corrected chi connectivity index (χ4v) is 2.02. The summed E-state index contributed by atoms with van der Waals surface area (Å²) in [7, 11) is 1.65. The minimum atomic E-state index is 0.740. The lowest BCUT2D eigenvalue weighted by molar-refractivity contribution is 0.415. The van der Waals surface area contributed by atoms with Crippen molar-refractivity contribution < 1.29 is 4.74 Å². The quantitative estimate of drug-likeness (QED) is 0.663. The van der Waals surface area contributed by atoms with E-state index in [1.54, 1.807) is 18.9 Å². The number of nitrogens with one attached hydrogen (secondary N) is 1. The number of aromatic amines is 1. The molecule has 0 aliphatic carbocycles. The van der Waals surface area contributed by atoms with Gasteiger partial charge >= 0.3 is 0 Å². The Kier molecular flexibility index (Phi) is 4.04. The fourth-order valence-electron chi connectivity index (χ4n) is 1.38. The van der Waals surface area contributed by atoms with Crippen LogP contribution in [0.25, 0.3) is 11.4 Å². The van der Waals surface area contributed by atoms with Crippen LogP contribution in [0.5, 0.6) is 5.75 Å². The molecule has 4 nitrogen and oxygen atoms in total. The molecule has 0 atom stereocenters. The molecule has 1 N–H and O–H groups in total. The number of H-pyrrole nitrogens is 1. The zero-order valence-corrected chi connectivity index (χ0v) is 11.3. The predicted octanol–water partition coefficient (Wildman–Crippen LogP) is 3.15. The Morgan fingerprint density at radius 3 is 2.72 bits per heavy atom. The van der Waals surface area contributed by atoms with Crippen LogP contribution in [-0.4, -0.2) is 28.0 Å². The molecular formula is C13H15N3OS. The van der Waals surface area contributed by atoms with E-state index in [0.29, 0.717) is 0 Å². The Morgan fingerprint density at radius 2 is 2.11 bits per heavy atom. The average molecular weight is 261 g/mol. The van der Waals surface area contributed by atoms with Crippen molar-refractivity contribution in [2.75, 3.05) is 12.9 Å². The molecule has 0 spiro atoms. The Hall–Kier alpha value is -1.75. The van der Waals surface area contributed by atoms with Crippen LogP contribution in [0.2, 0.25) is 0 Å². The van der Waals surface area contributed by atoms with Gasteiger partial charge in [0.05, 0.1) is 7.11 Å². The predicted molar refractivity (Wildman–Crippen MR) is 73.9 cm³/mol. The van der Waals surface area contributed by atoms with Crippen molar-refractivity contribution in [2.24, 2.45) is 0 Å². The van der Waals surface area contributed by atoms with Crippen LogP contribution in [0, 0.1) is 0 Å². The van der Waals surface area contributed by atoms with Gasteiger partial charge in [0.1, 0.15) is 5.75 Å². The average Bonchev–Trinajstić information content (AvgIpc) is 2.85. The number of nitrogens with zero attached hydrogens (tertiary/aromatic N) is 2. The fraction of sp³-hybridized carbons (Fsp3) is 0.231. The molecule has 0 amide bonds. The minimum absolute atomic E-state index is 0.740. The van der Waals surface area contributed by atoms with Gasteiger partial charge in [0.2, 0.25) is 5.16 Å². The lowest BCUT2D eigenvalue weighted by atomic mass is 10.2. The monoisotopic (exact) mass is 261 g/mol. The molecule has 94 valence electrons. The van der Waals surface area contributed by atoms with Crippen molar-refractivity contribution in [2.45, 2.75) is 12.1 Å². The first-order chi connectivity index (χ1) is 8.69. The molecule has 0 saturated carbocycles. The van der Waals surface area contributed by atoms with E-state index in [-0.39, 0.29) is 0 Å². The van der Waals surface area contributed by atoms with Crippen molar-refractivity contribution in [1.29, 1.82) is 0 Å². The molecule has 1 heterocycles. The van der Waals surface area contributed by atoms with Gasteiger partial charge in [0.25, 0.3) is 0 Å². The zero-order valence-electron chi connectivity index (χ0n) is 10.4. The highest BCUT2D eigenvalue weighted by molar-refractivity contribution is 7.99. The topological polar surface area (TPSA) is 50.8 Å². The summed E-state index contributed by atoms with van der Waals surface area (Å²) in [5.74, 6) is 2.43. The van der Waals surface area contributed by atoms with Crippen LogP contribution in [-0.2, 0) is 0 Å². The van der Waals surface area contributed by atoms with E-state index < -0.39 is 0 Å². The number of hydrogen-bond acceptors (Lipinski definition) is 4. The molecule has 0 saturated heterocycles. The highest BCUT2D eigenvalue weighted by Gasteiger charge is 2.06. The third-order valence-electron chi connectivity index (χ3n) is 2.28. The van der Waals surface area contributed by atoms with E-state index in [1.165, 1.54) is 0 Å². The first kappa shape index (κ1) is 12.7. The Bertz CT molecular complexity index is 533. The van der Waals surface area contributed by atoms with Gasteiger partial charge in [-0.05, 0) is 31.2 Å². The van der Waals surface area contributed by atoms with Crippen molar-refractivity contribution in [3.05, 3.63) is 36.4 Å². The van der Waals surface area contributed by atoms with E-state index in [0.717, 1.165) is 33.6 Å². The third-order valence-corrected chi connectivity index (χ3v) is 3.35. The van der Waals surface area contributed by atoms with Gasteiger partial charge in [-0.25, -0.2) is 4.98 Å². The second-order valence-electron chi connectivity index (χ2n) is 3.94. The van der Waals surface area contributed by atoms with E-state index in [1.807, 2.05) is 31.2 Å². The molecule has 18 heavy (non-hydrogen) atoms. The second kappa shape index (κ2) is 5.73. The summed E-state index contributed by atoms with van der Waals surface area (Å²) < 4.78 is 5.12. The van der Waals surface area contributed by atoms with Gasteiger partial charge in [-0.15, -0.1) is 5.10 Å². The van der Waals surface area contributed by atoms with Crippen LogP contribution in [0.1, 0.15) is 6.92 Å². The first-order valence-electron chi connectivity index (χ1n) is 5.53. The molecular weight excluding hydrogens is 246 g/mol. The molecule has 0 fully saturated rings. The molecule has 0 aliphatic rings. The highest BCUT2D eigenvalue weighted by Crippen LogP contribution is 2.22. The van der Waals surface area contributed by atoms with Gasteiger partial charge in [-0.3, -0.25) is 5.10 Å². The van der Waals surface area contributed by atoms with Gasteiger partial charge in [-0.1, -0.05) is 23.9 Å². The summed E-state index contributed by atoms with van der Waals surface area (Å²) in [6.07, 6.45) is 0. The summed E-state index contributed by atoms with van der Waals surface area (Å²) in [4.78, 5) is 4.42. The molecule has 2 rings (SSSR count). The van der Waals surface area contributed by atoms with Crippen LogP contribution >= 0.6 is 11.8 Å². The SMILES string of the molecule is C=C(C)CSc1n[nH]c(-c2ccc(OC)cc2)n1. The van der Waals surface area contributed by atoms with Crippen molar-refractivity contribution in [3.8, 4) is 17.1 Å². The van der Waals surface area contributed by atoms with E-state index in [4.69, 9.17) is 4.74 Å². The molecule has 2 aromatic rings. The maximum Gasteiger partial charge on any atom is 0.209 e. The molecule has 5 heteroatoms. The Morgan fingerprint density at radius 1 is 1.39 bits per heavy atom. The smallest absolute Gasteiger partial charge is 0.209 e. The zero-order chi connectivity index (χ0) is 13.0. The number of benzene rings is 1. The lowest BCUT2D eigenvalue weighted by Crippen LogP contribution is -1.84. The molecule has 1 aromatic heterocycles. The standard InChI is InChI=1S/C13H15N3OS/c1-9(2)8-18-13-14-12(15-16-13)10-4-6-11(17-3)7-5-10/h4-7H,1,8H2,2-3H3,(H,14,15,16). The second-order valence-corrected chi connectivity index (χ2v) is 4.88. The van der Waals surface area contributed by atoms with E-state index in [2.05, 4.69) is 21.8 Å². The summed E-state index contributed by atoms with van der Waals surface area (Å²) in [6.45, 7) is 5.84. The number of hydrogen-bond donors (Lipinski definition) is 1. The normalized spacial score (nSPS) is 10.3. The first-order valence-corrected chi connectivity index (χ1v) is 6.51. The summed E-state index contributed by atoms with van der Waals surface area (Å²) in [5, 5.41) is 7.83. The molecule has 0 radical (unpaired) electrons. The number of rotatable bonds is 5. The maximum absolute atomic E-state index is 5.12. The lowest BCUT2D eigenvalue weighted by Gasteiger charge is -1.99. The number of ether oxygens (including phenoxy) is 1. The van der Waals surface area contributed by atoms with Crippen molar-refractivity contribution in [1.82, 2.24) is 15.2 Å². The summed E-state index contributed by atoms with van der Waals surface area (Å²) in [6, 6.07) is 7.70. The number of methoxy groups -OCH3 is 1. The number of thioether (sulfide) groups is 1. The van der Waals surface area contributed by atoms with Crippen molar-refractivity contribution >= 4 is 11.8 Å². The third kappa shape index (κ3) is 3.13. The van der Waals surface area contributed by atoms with Gasteiger partial charge in [0, 0.05) is 11.3 Å². The molecule has 1 aromatic carbocycles. The van der Waals surface area contributed by atoms with Crippen molar-refractivity contribution in [3.63, 3.8) is 0 Å². The summed E-state index contributed by atoms with van der Waals surface area (Å²) >= 11 is 1.57. The van der Waals surface area contributed by atoms with Gasteiger partial charge in [-0.2, -0.15) is 0 Å².